The van der Waals surface area contributed by atoms with E-state index in [9.17, 15) is 0 Å². The Labute approximate surface area is 116 Å². The van der Waals surface area contributed by atoms with Gasteiger partial charge < -0.3 is 18.8 Å². The van der Waals surface area contributed by atoms with Crippen molar-refractivity contribution in [2.75, 3.05) is 18.2 Å². The number of ether oxygens (including phenoxy) is 2. The molecule has 0 amide bonds. The van der Waals surface area contributed by atoms with E-state index in [0.717, 1.165) is 30.9 Å². The summed E-state index contributed by atoms with van der Waals surface area (Å²) in [6.45, 7) is 3.04. The van der Waals surface area contributed by atoms with Crippen molar-refractivity contribution in [1.29, 1.82) is 0 Å². The van der Waals surface area contributed by atoms with Crippen molar-refractivity contribution in [2.45, 2.75) is 25.8 Å². The fourth-order valence-corrected chi connectivity index (χ4v) is 2.86. The number of rotatable bonds is 2. The number of hydrogen-bond acceptors (Lipinski definition) is 6. The third kappa shape index (κ3) is 1.79. The maximum atomic E-state index is 5.56. The van der Waals surface area contributed by atoms with Gasteiger partial charge >= 0.3 is 6.01 Å². The van der Waals surface area contributed by atoms with E-state index in [1.54, 1.807) is 0 Å². The summed E-state index contributed by atoms with van der Waals surface area (Å²) in [6, 6.07) is 6.95. The Morgan fingerprint density at radius 1 is 1.20 bits per heavy atom. The zero-order valence-corrected chi connectivity index (χ0v) is 11.2. The van der Waals surface area contributed by atoms with Crippen LogP contribution in [-0.4, -0.2) is 23.5 Å². The lowest BCUT2D eigenvalue weighted by Crippen LogP contribution is -2.22. The zero-order chi connectivity index (χ0) is 13.5. The van der Waals surface area contributed by atoms with E-state index in [2.05, 4.69) is 27.2 Å². The Hall–Kier alpha value is -2.24. The fraction of sp³-hybridized carbons (Fsp3) is 0.429. The number of aryl methyl sites for hydroxylation is 1. The van der Waals surface area contributed by atoms with Crippen LogP contribution in [-0.2, 0) is 0 Å². The van der Waals surface area contributed by atoms with E-state index < -0.39 is 0 Å². The largest absolute Gasteiger partial charge is 0.454 e. The molecule has 104 valence electrons. The van der Waals surface area contributed by atoms with Crippen LogP contribution in [0.15, 0.2) is 22.6 Å². The maximum Gasteiger partial charge on any atom is 0.318 e. The molecule has 1 atom stereocenters. The van der Waals surface area contributed by atoms with Crippen LogP contribution >= 0.6 is 0 Å². The van der Waals surface area contributed by atoms with Crippen LogP contribution in [0.1, 0.15) is 30.3 Å². The Bertz CT molecular complexity index is 640. The van der Waals surface area contributed by atoms with E-state index in [4.69, 9.17) is 13.9 Å². The Morgan fingerprint density at radius 3 is 2.95 bits per heavy atom. The smallest absolute Gasteiger partial charge is 0.318 e. The Kier molecular flexibility index (Phi) is 2.55. The number of benzene rings is 1. The minimum atomic E-state index is 0.254. The van der Waals surface area contributed by atoms with Crippen molar-refractivity contribution in [3.63, 3.8) is 0 Å². The molecular formula is C14H15N3O3. The van der Waals surface area contributed by atoms with E-state index >= 15 is 0 Å². The third-order valence-corrected chi connectivity index (χ3v) is 3.80. The highest BCUT2D eigenvalue weighted by molar-refractivity contribution is 5.47. The molecule has 3 heterocycles. The minimum Gasteiger partial charge on any atom is -0.454 e. The SMILES string of the molecule is Cc1nnc(N2CCC[C@H]2c2ccc3c(c2)OCO3)o1. The molecule has 6 nitrogen and oxygen atoms in total. The van der Waals surface area contributed by atoms with Crippen LogP contribution in [0.3, 0.4) is 0 Å². The highest BCUT2D eigenvalue weighted by Gasteiger charge is 2.30. The van der Waals surface area contributed by atoms with Crippen molar-refractivity contribution in [1.82, 2.24) is 10.2 Å². The molecule has 2 aliphatic rings. The molecule has 0 spiro atoms. The van der Waals surface area contributed by atoms with E-state index in [-0.39, 0.29) is 6.04 Å². The Balaban J connectivity index is 1.66. The van der Waals surface area contributed by atoms with Crippen molar-refractivity contribution < 1.29 is 13.9 Å². The monoisotopic (exact) mass is 273 g/mol. The third-order valence-electron chi connectivity index (χ3n) is 3.80. The summed E-state index contributed by atoms with van der Waals surface area (Å²) in [4.78, 5) is 2.16. The summed E-state index contributed by atoms with van der Waals surface area (Å²) in [7, 11) is 0. The van der Waals surface area contributed by atoms with Crippen molar-refractivity contribution in [3.8, 4) is 11.5 Å². The first kappa shape index (κ1) is 11.6. The molecule has 0 saturated carbocycles. The molecular weight excluding hydrogens is 258 g/mol. The predicted octanol–water partition coefficient (Wildman–Crippen LogP) is 2.45. The summed E-state index contributed by atoms with van der Waals surface area (Å²) in [5.41, 5.74) is 1.20. The summed E-state index contributed by atoms with van der Waals surface area (Å²) in [6.07, 6.45) is 2.18. The molecule has 0 unspecified atom stereocenters. The van der Waals surface area contributed by atoms with Gasteiger partial charge in [0.1, 0.15) is 0 Å². The van der Waals surface area contributed by atoms with Crippen LogP contribution in [0, 0.1) is 6.92 Å². The van der Waals surface area contributed by atoms with Crippen LogP contribution in [0.2, 0.25) is 0 Å². The van der Waals surface area contributed by atoms with Crippen molar-refractivity contribution in [2.24, 2.45) is 0 Å². The van der Waals surface area contributed by atoms with Gasteiger partial charge in [0.15, 0.2) is 11.5 Å². The molecule has 0 aliphatic carbocycles. The second-order valence-corrected chi connectivity index (χ2v) is 5.07. The molecule has 0 N–H and O–H groups in total. The van der Waals surface area contributed by atoms with Gasteiger partial charge in [-0.15, -0.1) is 5.10 Å². The molecule has 6 heteroatoms. The summed E-state index contributed by atoms with van der Waals surface area (Å²) >= 11 is 0. The van der Waals surface area contributed by atoms with Gasteiger partial charge in [-0.1, -0.05) is 11.2 Å². The quantitative estimate of drug-likeness (QED) is 0.837. The molecule has 20 heavy (non-hydrogen) atoms. The molecule has 0 bridgehead atoms. The summed E-state index contributed by atoms with van der Waals surface area (Å²) < 4.78 is 16.4. The summed E-state index contributed by atoms with van der Waals surface area (Å²) in [5.74, 6) is 2.22. The minimum absolute atomic E-state index is 0.254. The lowest BCUT2D eigenvalue weighted by atomic mass is 10.0. The molecule has 0 radical (unpaired) electrons. The molecule has 1 saturated heterocycles. The zero-order valence-electron chi connectivity index (χ0n) is 11.2. The lowest BCUT2D eigenvalue weighted by molar-refractivity contribution is 0.174. The number of aromatic nitrogens is 2. The molecule has 4 rings (SSSR count). The van der Waals surface area contributed by atoms with Crippen LogP contribution in [0.5, 0.6) is 11.5 Å². The number of anilines is 1. The van der Waals surface area contributed by atoms with Gasteiger partial charge in [-0.25, -0.2) is 0 Å². The molecule has 1 aromatic heterocycles. The van der Waals surface area contributed by atoms with E-state index in [1.807, 2.05) is 13.0 Å². The van der Waals surface area contributed by atoms with Gasteiger partial charge in [-0.3, -0.25) is 0 Å². The highest BCUT2D eigenvalue weighted by Crippen LogP contribution is 2.40. The molecule has 2 aromatic rings. The molecule has 1 aromatic carbocycles. The van der Waals surface area contributed by atoms with Crippen LogP contribution in [0.4, 0.5) is 6.01 Å². The number of hydrogen-bond donors (Lipinski definition) is 0. The van der Waals surface area contributed by atoms with Crippen molar-refractivity contribution in [3.05, 3.63) is 29.7 Å². The van der Waals surface area contributed by atoms with Crippen LogP contribution in [0.25, 0.3) is 0 Å². The first-order valence-corrected chi connectivity index (χ1v) is 6.77. The van der Waals surface area contributed by atoms with Gasteiger partial charge in [0, 0.05) is 13.5 Å². The van der Waals surface area contributed by atoms with Gasteiger partial charge in [0.05, 0.1) is 6.04 Å². The lowest BCUT2D eigenvalue weighted by Gasteiger charge is -2.22. The average molecular weight is 273 g/mol. The van der Waals surface area contributed by atoms with Gasteiger partial charge in [0.25, 0.3) is 0 Å². The normalized spacial score (nSPS) is 20.6. The van der Waals surface area contributed by atoms with Gasteiger partial charge in [-0.05, 0) is 30.5 Å². The highest BCUT2D eigenvalue weighted by atomic mass is 16.7. The van der Waals surface area contributed by atoms with E-state index in [0.29, 0.717) is 18.7 Å². The average Bonchev–Trinajstić information content (AvgIpc) is 3.17. The second kappa shape index (κ2) is 4.40. The van der Waals surface area contributed by atoms with Crippen molar-refractivity contribution >= 4 is 6.01 Å². The van der Waals surface area contributed by atoms with Gasteiger partial charge in [0.2, 0.25) is 12.7 Å². The van der Waals surface area contributed by atoms with E-state index in [1.165, 1.54) is 5.56 Å². The fourth-order valence-electron chi connectivity index (χ4n) is 2.86. The first-order chi connectivity index (χ1) is 9.81. The van der Waals surface area contributed by atoms with Crippen LogP contribution < -0.4 is 14.4 Å². The number of fused-ring (bicyclic) bond motifs is 1. The predicted molar refractivity (Wildman–Crippen MR) is 70.9 cm³/mol. The maximum absolute atomic E-state index is 5.56. The molecule has 1 fully saturated rings. The summed E-state index contributed by atoms with van der Waals surface area (Å²) in [5, 5.41) is 8.04. The Morgan fingerprint density at radius 2 is 2.10 bits per heavy atom. The molecule has 2 aliphatic heterocycles. The standard InChI is InChI=1S/C14H15N3O3/c1-9-15-16-14(20-9)17-6-2-3-11(17)10-4-5-12-13(7-10)19-8-18-12/h4-5,7,11H,2-3,6,8H2,1H3/t11-/m0/s1. The van der Waals surface area contributed by atoms with Gasteiger partial charge in [-0.2, -0.15) is 0 Å². The number of nitrogens with zero attached hydrogens (tertiary/aromatic N) is 3. The second-order valence-electron chi connectivity index (χ2n) is 5.07. The topological polar surface area (TPSA) is 60.6 Å². The first-order valence-electron chi connectivity index (χ1n) is 6.77.